The SMILES string of the molecule is Cc1ccc(Cl)c2sc(N(CCCn3ccnc3)C(=O)c3cccc(Br)c3)nc12. The van der Waals surface area contributed by atoms with Gasteiger partial charge in [-0.2, -0.15) is 0 Å². The molecule has 2 heterocycles. The van der Waals surface area contributed by atoms with E-state index in [0.717, 1.165) is 33.2 Å². The zero-order valence-electron chi connectivity index (χ0n) is 15.7. The van der Waals surface area contributed by atoms with Gasteiger partial charge in [-0.25, -0.2) is 9.97 Å². The minimum absolute atomic E-state index is 0.0789. The van der Waals surface area contributed by atoms with Gasteiger partial charge in [-0.1, -0.05) is 51.0 Å². The fourth-order valence-electron chi connectivity index (χ4n) is 3.10. The van der Waals surface area contributed by atoms with Gasteiger partial charge in [0.1, 0.15) is 0 Å². The maximum atomic E-state index is 13.4. The summed E-state index contributed by atoms with van der Waals surface area (Å²) in [5, 5.41) is 1.31. The number of rotatable bonds is 6. The summed E-state index contributed by atoms with van der Waals surface area (Å²) in [7, 11) is 0. The highest BCUT2D eigenvalue weighted by atomic mass is 79.9. The molecule has 2 aromatic heterocycles. The summed E-state index contributed by atoms with van der Waals surface area (Å²) in [6, 6.07) is 11.2. The summed E-state index contributed by atoms with van der Waals surface area (Å²) < 4.78 is 3.77. The summed E-state index contributed by atoms with van der Waals surface area (Å²) in [4.78, 5) is 23.9. The maximum absolute atomic E-state index is 13.4. The molecule has 4 aromatic rings. The van der Waals surface area contributed by atoms with Gasteiger partial charge < -0.3 is 4.57 Å². The number of hydrogen-bond donors (Lipinski definition) is 0. The lowest BCUT2D eigenvalue weighted by molar-refractivity contribution is 0.0986. The van der Waals surface area contributed by atoms with Crippen molar-refractivity contribution in [3.63, 3.8) is 0 Å². The van der Waals surface area contributed by atoms with E-state index < -0.39 is 0 Å². The van der Waals surface area contributed by atoms with Crippen molar-refractivity contribution in [2.45, 2.75) is 19.9 Å². The van der Waals surface area contributed by atoms with E-state index in [9.17, 15) is 4.79 Å². The van der Waals surface area contributed by atoms with E-state index in [1.54, 1.807) is 17.4 Å². The smallest absolute Gasteiger partial charge is 0.260 e. The molecule has 1 amide bonds. The molecule has 0 unspecified atom stereocenters. The number of amides is 1. The van der Waals surface area contributed by atoms with Gasteiger partial charge in [0, 0.05) is 35.5 Å². The third kappa shape index (κ3) is 4.37. The summed E-state index contributed by atoms with van der Waals surface area (Å²) in [5.74, 6) is -0.0789. The fourth-order valence-corrected chi connectivity index (χ4v) is 4.84. The first-order chi connectivity index (χ1) is 14.0. The van der Waals surface area contributed by atoms with Crippen molar-refractivity contribution >= 4 is 60.1 Å². The van der Waals surface area contributed by atoms with Gasteiger partial charge in [0.15, 0.2) is 5.13 Å². The van der Waals surface area contributed by atoms with E-state index >= 15 is 0 Å². The molecule has 5 nitrogen and oxygen atoms in total. The molecule has 2 aromatic carbocycles. The number of nitrogens with zero attached hydrogens (tertiary/aromatic N) is 4. The number of aryl methyl sites for hydroxylation is 2. The second-order valence-electron chi connectivity index (χ2n) is 6.66. The van der Waals surface area contributed by atoms with Crippen LogP contribution >= 0.6 is 38.9 Å². The maximum Gasteiger partial charge on any atom is 0.260 e. The Morgan fingerprint density at radius 3 is 2.90 bits per heavy atom. The summed E-state index contributed by atoms with van der Waals surface area (Å²) >= 11 is 11.3. The van der Waals surface area contributed by atoms with Gasteiger partial charge in [-0.3, -0.25) is 9.69 Å². The number of fused-ring (bicyclic) bond motifs is 1. The Balaban J connectivity index is 1.68. The van der Waals surface area contributed by atoms with Gasteiger partial charge in [-0.05, 0) is 43.2 Å². The molecular weight excluding hydrogens is 472 g/mol. The van der Waals surface area contributed by atoms with Gasteiger partial charge in [0.2, 0.25) is 0 Å². The van der Waals surface area contributed by atoms with Crippen LogP contribution in [-0.2, 0) is 6.54 Å². The molecule has 4 rings (SSSR count). The Labute approximate surface area is 186 Å². The first-order valence-electron chi connectivity index (χ1n) is 9.12. The molecule has 0 aliphatic carbocycles. The molecule has 0 N–H and O–H groups in total. The molecule has 0 saturated carbocycles. The van der Waals surface area contributed by atoms with Crippen molar-refractivity contribution in [1.82, 2.24) is 14.5 Å². The monoisotopic (exact) mass is 488 g/mol. The molecule has 0 fully saturated rings. The predicted octanol–water partition coefficient (Wildman–Crippen LogP) is 5.95. The Hall–Kier alpha value is -2.22. The minimum atomic E-state index is -0.0789. The fraction of sp³-hybridized carbons (Fsp3) is 0.190. The van der Waals surface area contributed by atoms with E-state index in [2.05, 4.69) is 20.9 Å². The van der Waals surface area contributed by atoms with E-state index in [0.29, 0.717) is 22.3 Å². The second kappa shape index (κ2) is 8.65. The molecule has 29 heavy (non-hydrogen) atoms. The lowest BCUT2D eigenvalue weighted by atomic mass is 10.2. The van der Waals surface area contributed by atoms with Crippen LogP contribution in [0.3, 0.4) is 0 Å². The number of anilines is 1. The number of hydrogen-bond acceptors (Lipinski definition) is 4. The highest BCUT2D eigenvalue weighted by molar-refractivity contribution is 9.10. The van der Waals surface area contributed by atoms with Crippen molar-refractivity contribution in [2.24, 2.45) is 0 Å². The highest BCUT2D eigenvalue weighted by Gasteiger charge is 2.22. The summed E-state index contributed by atoms with van der Waals surface area (Å²) in [5.41, 5.74) is 2.50. The van der Waals surface area contributed by atoms with Crippen molar-refractivity contribution in [2.75, 3.05) is 11.4 Å². The number of imidazole rings is 1. The normalized spacial score (nSPS) is 11.1. The van der Waals surface area contributed by atoms with Crippen molar-refractivity contribution in [3.05, 3.63) is 75.7 Å². The molecule has 0 aliphatic rings. The standard InChI is InChI=1S/C21H18BrClN4OS/c1-14-6-7-17(23)19-18(14)25-21(29-19)27(10-3-9-26-11-8-24-13-26)20(28)15-4-2-5-16(22)12-15/h2,4-8,11-13H,3,9-10H2,1H3. The average molecular weight is 490 g/mol. The number of aromatic nitrogens is 3. The molecule has 0 radical (unpaired) electrons. The van der Waals surface area contributed by atoms with E-state index in [4.69, 9.17) is 16.6 Å². The van der Waals surface area contributed by atoms with E-state index in [1.165, 1.54) is 11.3 Å². The number of thiazole rings is 1. The van der Waals surface area contributed by atoms with Crippen LogP contribution in [0.1, 0.15) is 22.3 Å². The quantitative estimate of drug-likeness (QED) is 0.336. The Morgan fingerprint density at radius 2 is 2.17 bits per heavy atom. The molecule has 8 heteroatoms. The third-order valence-electron chi connectivity index (χ3n) is 4.59. The summed E-state index contributed by atoms with van der Waals surface area (Å²) in [6.07, 6.45) is 6.23. The molecule has 0 atom stereocenters. The van der Waals surface area contributed by atoms with Crippen LogP contribution in [0.4, 0.5) is 5.13 Å². The first kappa shape index (κ1) is 20.1. The van der Waals surface area contributed by atoms with Crippen molar-refractivity contribution < 1.29 is 4.79 Å². The molecule has 0 spiro atoms. The van der Waals surface area contributed by atoms with Crippen LogP contribution in [0.15, 0.2) is 59.6 Å². The summed E-state index contributed by atoms with van der Waals surface area (Å²) in [6.45, 7) is 3.31. The van der Waals surface area contributed by atoms with E-state index in [-0.39, 0.29) is 5.91 Å². The van der Waals surface area contributed by atoms with Gasteiger partial charge in [-0.15, -0.1) is 0 Å². The molecular formula is C21H18BrClN4OS. The first-order valence-corrected chi connectivity index (χ1v) is 11.1. The predicted molar refractivity (Wildman–Crippen MR) is 122 cm³/mol. The highest BCUT2D eigenvalue weighted by Crippen LogP contribution is 2.36. The topological polar surface area (TPSA) is 51.0 Å². The van der Waals surface area contributed by atoms with Gasteiger partial charge >= 0.3 is 0 Å². The van der Waals surface area contributed by atoms with Crippen LogP contribution < -0.4 is 4.90 Å². The van der Waals surface area contributed by atoms with Crippen LogP contribution in [-0.4, -0.2) is 27.0 Å². The van der Waals surface area contributed by atoms with Crippen LogP contribution in [0, 0.1) is 6.92 Å². The largest absolute Gasteiger partial charge is 0.337 e. The molecule has 0 saturated heterocycles. The lowest BCUT2D eigenvalue weighted by Crippen LogP contribution is -2.32. The van der Waals surface area contributed by atoms with Crippen molar-refractivity contribution in [3.8, 4) is 0 Å². The Kier molecular flexibility index (Phi) is 5.99. The van der Waals surface area contributed by atoms with Crippen molar-refractivity contribution in [1.29, 1.82) is 0 Å². The lowest BCUT2D eigenvalue weighted by Gasteiger charge is -2.20. The number of carbonyl (C=O) groups excluding carboxylic acids is 1. The molecule has 0 aliphatic heterocycles. The van der Waals surface area contributed by atoms with Crippen LogP contribution in [0.25, 0.3) is 10.2 Å². The zero-order valence-corrected chi connectivity index (χ0v) is 18.8. The molecule has 148 valence electrons. The van der Waals surface area contributed by atoms with Crippen LogP contribution in [0.5, 0.6) is 0 Å². The van der Waals surface area contributed by atoms with Gasteiger partial charge in [0.05, 0.1) is 21.6 Å². The minimum Gasteiger partial charge on any atom is -0.337 e. The molecule has 0 bridgehead atoms. The number of carbonyl (C=O) groups is 1. The van der Waals surface area contributed by atoms with E-state index in [1.807, 2.05) is 54.1 Å². The third-order valence-corrected chi connectivity index (χ3v) is 6.62. The van der Waals surface area contributed by atoms with Gasteiger partial charge in [0.25, 0.3) is 5.91 Å². The number of benzene rings is 2. The average Bonchev–Trinajstić information content (AvgIpc) is 3.38. The zero-order chi connectivity index (χ0) is 20.4. The number of halogens is 2. The second-order valence-corrected chi connectivity index (χ2v) is 8.96. The Bertz CT molecular complexity index is 1120. The van der Waals surface area contributed by atoms with Crippen LogP contribution in [0.2, 0.25) is 5.02 Å². The Morgan fingerprint density at radius 1 is 1.31 bits per heavy atom.